The molecular weight excluding hydrogens is 360 g/mol. The SMILES string of the molecule is CC1=C(C/C=C(\C)CC/C=C(\C)CC/C=C(\C)CO)C(=O)c2ccccc2C1=O. The number of carbonyl (C=O) groups excluding carboxylic acids is 2. The Balaban J connectivity index is 1.93. The van der Waals surface area contributed by atoms with E-state index in [1.807, 2.05) is 6.92 Å². The number of carbonyl (C=O) groups is 2. The van der Waals surface area contributed by atoms with Gasteiger partial charge in [-0.05, 0) is 59.8 Å². The number of Topliss-reactive ketones (excluding diaryl/α,β-unsaturated/α-hetero) is 2. The Morgan fingerprint density at radius 2 is 1.34 bits per heavy atom. The fraction of sp³-hybridized carbons (Fsp3) is 0.385. The normalized spacial score (nSPS) is 15.8. The van der Waals surface area contributed by atoms with E-state index >= 15 is 0 Å². The fourth-order valence-corrected chi connectivity index (χ4v) is 3.43. The molecule has 0 amide bonds. The van der Waals surface area contributed by atoms with E-state index in [1.165, 1.54) is 11.1 Å². The Labute approximate surface area is 174 Å². The van der Waals surface area contributed by atoms with Gasteiger partial charge in [-0.3, -0.25) is 9.59 Å². The molecule has 1 aliphatic rings. The number of allylic oxidation sites excluding steroid dienone is 7. The van der Waals surface area contributed by atoms with Crippen molar-refractivity contribution in [2.45, 2.75) is 59.8 Å². The van der Waals surface area contributed by atoms with Crippen molar-refractivity contribution in [1.29, 1.82) is 0 Å². The number of aliphatic hydroxyl groups excluding tert-OH is 1. The molecule has 2 rings (SSSR count). The highest BCUT2D eigenvalue weighted by Gasteiger charge is 2.28. The Hall–Kier alpha value is -2.52. The summed E-state index contributed by atoms with van der Waals surface area (Å²) in [6.45, 7) is 8.04. The van der Waals surface area contributed by atoms with E-state index < -0.39 is 0 Å². The molecule has 0 fully saturated rings. The van der Waals surface area contributed by atoms with E-state index in [1.54, 1.807) is 31.2 Å². The van der Waals surface area contributed by atoms with Crippen LogP contribution in [0.15, 0.2) is 70.4 Å². The van der Waals surface area contributed by atoms with Gasteiger partial charge in [0, 0.05) is 22.3 Å². The van der Waals surface area contributed by atoms with Gasteiger partial charge in [0.05, 0.1) is 6.61 Å². The standard InChI is InChI=1S/C26H32O3/c1-18(10-8-12-20(3)17-27)9-7-11-19(2)15-16-22-21(4)25(28)23-13-5-6-14-24(23)26(22)29/h5-6,9,12-15,27H,7-8,10-11,16-17H2,1-4H3/b18-9+,19-15+,20-12+. The van der Waals surface area contributed by atoms with Gasteiger partial charge in [-0.1, -0.05) is 59.2 Å². The van der Waals surface area contributed by atoms with Gasteiger partial charge >= 0.3 is 0 Å². The molecule has 0 aromatic heterocycles. The molecule has 0 saturated heterocycles. The zero-order valence-electron chi connectivity index (χ0n) is 18.0. The highest BCUT2D eigenvalue weighted by molar-refractivity contribution is 6.26. The number of ketones is 2. The number of fused-ring (bicyclic) bond motifs is 1. The molecule has 0 unspecified atom stereocenters. The molecule has 29 heavy (non-hydrogen) atoms. The lowest BCUT2D eigenvalue weighted by Crippen LogP contribution is -2.20. The van der Waals surface area contributed by atoms with E-state index in [9.17, 15) is 9.59 Å². The molecule has 0 spiro atoms. The van der Waals surface area contributed by atoms with Gasteiger partial charge in [-0.2, -0.15) is 0 Å². The third-order valence-electron chi connectivity index (χ3n) is 5.45. The third-order valence-corrected chi connectivity index (χ3v) is 5.45. The average molecular weight is 393 g/mol. The van der Waals surface area contributed by atoms with Crippen LogP contribution in [-0.2, 0) is 0 Å². The van der Waals surface area contributed by atoms with Gasteiger partial charge in [0.15, 0.2) is 11.6 Å². The molecule has 154 valence electrons. The van der Waals surface area contributed by atoms with Gasteiger partial charge in [0.2, 0.25) is 0 Å². The maximum Gasteiger partial charge on any atom is 0.190 e. The highest BCUT2D eigenvalue weighted by Crippen LogP contribution is 2.28. The smallest absolute Gasteiger partial charge is 0.190 e. The van der Waals surface area contributed by atoms with E-state index in [0.717, 1.165) is 31.3 Å². The maximum absolute atomic E-state index is 12.8. The summed E-state index contributed by atoms with van der Waals surface area (Å²) in [4.78, 5) is 25.3. The predicted molar refractivity (Wildman–Crippen MR) is 119 cm³/mol. The minimum atomic E-state index is -0.0368. The van der Waals surface area contributed by atoms with Crippen LogP contribution >= 0.6 is 0 Å². The molecule has 0 bridgehead atoms. The molecule has 0 saturated carbocycles. The van der Waals surface area contributed by atoms with Crippen molar-refractivity contribution in [3.05, 3.63) is 81.5 Å². The average Bonchev–Trinajstić information content (AvgIpc) is 2.72. The summed E-state index contributed by atoms with van der Waals surface area (Å²) in [7, 11) is 0. The first-order valence-electron chi connectivity index (χ1n) is 10.3. The van der Waals surface area contributed by atoms with Gasteiger partial charge in [-0.15, -0.1) is 0 Å². The minimum absolute atomic E-state index is 0.0243. The van der Waals surface area contributed by atoms with Gasteiger partial charge in [-0.25, -0.2) is 0 Å². The van der Waals surface area contributed by atoms with Crippen LogP contribution in [0.4, 0.5) is 0 Å². The van der Waals surface area contributed by atoms with E-state index in [-0.39, 0.29) is 18.2 Å². The van der Waals surface area contributed by atoms with Crippen LogP contribution in [0.3, 0.4) is 0 Å². The molecule has 1 N–H and O–H groups in total. The topological polar surface area (TPSA) is 54.4 Å². The third kappa shape index (κ3) is 6.23. The van der Waals surface area contributed by atoms with Gasteiger partial charge in [0.1, 0.15) is 0 Å². The summed E-state index contributed by atoms with van der Waals surface area (Å²) in [5.74, 6) is -0.0611. The molecule has 0 radical (unpaired) electrons. The van der Waals surface area contributed by atoms with Crippen LogP contribution in [0, 0.1) is 0 Å². The highest BCUT2D eigenvalue weighted by atomic mass is 16.3. The first-order valence-corrected chi connectivity index (χ1v) is 10.3. The van der Waals surface area contributed by atoms with Crippen LogP contribution in [-0.4, -0.2) is 23.3 Å². The van der Waals surface area contributed by atoms with E-state index in [2.05, 4.69) is 32.1 Å². The summed E-state index contributed by atoms with van der Waals surface area (Å²) < 4.78 is 0. The zero-order valence-corrected chi connectivity index (χ0v) is 18.0. The van der Waals surface area contributed by atoms with Crippen molar-refractivity contribution in [2.75, 3.05) is 6.61 Å². The molecule has 1 aromatic rings. The van der Waals surface area contributed by atoms with Crippen LogP contribution in [0.25, 0.3) is 0 Å². The number of hydrogen-bond acceptors (Lipinski definition) is 3. The van der Waals surface area contributed by atoms with Crippen molar-refractivity contribution < 1.29 is 14.7 Å². The molecule has 1 aliphatic carbocycles. The van der Waals surface area contributed by atoms with Crippen molar-refractivity contribution in [1.82, 2.24) is 0 Å². The molecule has 0 aliphatic heterocycles. The van der Waals surface area contributed by atoms with Crippen molar-refractivity contribution in [3.8, 4) is 0 Å². The van der Waals surface area contributed by atoms with Crippen LogP contribution in [0.5, 0.6) is 0 Å². The van der Waals surface area contributed by atoms with E-state index in [4.69, 9.17) is 5.11 Å². The lowest BCUT2D eigenvalue weighted by Gasteiger charge is -2.18. The molecule has 3 nitrogen and oxygen atoms in total. The Bertz CT molecular complexity index is 894. The predicted octanol–water partition coefficient (Wildman–Crippen LogP) is 6.16. The number of aliphatic hydroxyl groups is 1. The lowest BCUT2D eigenvalue weighted by molar-refractivity contribution is 0.0973. The summed E-state index contributed by atoms with van der Waals surface area (Å²) in [5.41, 5.74) is 5.81. The van der Waals surface area contributed by atoms with E-state index in [0.29, 0.717) is 28.7 Å². The second kappa shape index (κ2) is 10.9. The Kier molecular flexibility index (Phi) is 8.53. The molecule has 0 heterocycles. The number of hydrogen-bond donors (Lipinski definition) is 1. The minimum Gasteiger partial charge on any atom is -0.392 e. The van der Waals surface area contributed by atoms with Crippen LogP contribution < -0.4 is 0 Å². The molecule has 1 aromatic carbocycles. The second-order valence-corrected chi connectivity index (χ2v) is 7.90. The van der Waals surface area contributed by atoms with Crippen molar-refractivity contribution in [3.63, 3.8) is 0 Å². The first kappa shape index (κ1) is 22.8. The van der Waals surface area contributed by atoms with Crippen molar-refractivity contribution >= 4 is 11.6 Å². The molecule has 0 atom stereocenters. The quantitative estimate of drug-likeness (QED) is 0.512. The fourth-order valence-electron chi connectivity index (χ4n) is 3.43. The Morgan fingerprint density at radius 3 is 1.93 bits per heavy atom. The summed E-state index contributed by atoms with van der Waals surface area (Å²) >= 11 is 0. The van der Waals surface area contributed by atoms with Crippen LogP contribution in [0.1, 0.15) is 80.5 Å². The van der Waals surface area contributed by atoms with Crippen molar-refractivity contribution in [2.24, 2.45) is 0 Å². The maximum atomic E-state index is 12.8. The monoisotopic (exact) mass is 392 g/mol. The number of rotatable bonds is 9. The van der Waals surface area contributed by atoms with Gasteiger partial charge < -0.3 is 5.11 Å². The molecule has 3 heteroatoms. The summed E-state index contributed by atoms with van der Waals surface area (Å²) in [6.07, 6.45) is 10.8. The molecular formula is C26H32O3. The van der Waals surface area contributed by atoms with Gasteiger partial charge in [0.25, 0.3) is 0 Å². The first-order chi connectivity index (χ1) is 13.8. The second-order valence-electron chi connectivity index (χ2n) is 7.90. The zero-order chi connectivity index (χ0) is 21.4. The van der Waals surface area contributed by atoms with Crippen LogP contribution in [0.2, 0.25) is 0 Å². The lowest BCUT2D eigenvalue weighted by atomic mass is 9.83. The Morgan fingerprint density at radius 1 is 0.828 bits per heavy atom. The summed E-state index contributed by atoms with van der Waals surface area (Å²) in [5, 5.41) is 9.01. The largest absolute Gasteiger partial charge is 0.392 e. The number of benzene rings is 1. The summed E-state index contributed by atoms with van der Waals surface area (Å²) in [6, 6.07) is 7.07.